The maximum atomic E-state index is 11.6. The maximum absolute atomic E-state index is 11.6. The van der Waals surface area contributed by atoms with E-state index in [4.69, 9.17) is 23.2 Å². The smallest absolute Gasteiger partial charge is 0.181 e. The van der Waals surface area contributed by atoms with Gasteiger partial charge in [-0.05, 0) is 19.1 Å². The van der Waals surface area contributed by atoms with Gasteiger partial charge in [-0.25, -0.2) is 8.42 Å². The molecule has 78 valence electrons. The molecule has 2 nitrogen and oxygen atoms in total. The van der Waals surface area contributed by atoms with Gasteiger partial charge in [0.2, 0.25) is 0 Å². The average molecular weight is 253 g/mol. The van der Waals surface area contributed by atoms with E-state index in [1.54, 1.807) is 24.3 Å². The summed E-state index contributed by atoms with van der Waals surface area (Å²) in [7, 11) is -3.34. The van der Waals surface area contributed by atoms with Crippen LogP contribution in [0.4, 0.5) is 0 Å². The zero-order valence-corrected chi connectivity index (χ0v) is 9.90. The molecule has 0 atom stereocenters. The average Bonchev–Trinajstić information content (AvgIpc) is 2.02. The lowest BCUT2D eigenvalue weighted by Gasteiger charge is -2.04. The number of halogens is 2. The molecular weight excluding hydrogens is 243 g/mol. The van der Waals surface area contributed by atoms with Gasteiger partial charge in [0.05, 0.1) is 10.6 Å². The van der Waals surface area contributed by atoms with E-state index in [0.29, 0.717) is 0 Å². The van der Waals surface area contributed by atoms with Crippen LogP contribution >= 0.6 is 23.2 Å². The minimum atomic E-state index is -3.34. The SMILES string of the molecule is Cc1ccc(S(=O)(=O)CC(Cl)Cl)cc1. The summed E-state index contributed by atoms with van der Waals surface area (Å²) in [5.74, 6) is -0.251. The normalized spacial score (nSPS) is 12.0. The summed E-state index contributed by atoms with van der Waals surface area (Å²) in [5, 5.41) is 0. The number of benzene rings is 1. The lowest BCUT2D eigenvalue weighted by molar-refractivity contribution is 0.597. The Labute approximate surface area is 93.8 Å². The Morgan fingerprint density at radius 3 is 2.14 bits per heavy atom. The second kappa shape index (κ2) is 4.51. The van der Waals surface area contributed by atoms with Gasteiger partial charge < -0.3 is 0 Å². The van der Waals surface area contributed by atoms with Crippen LogP contribution in [-0.4, -0.2) is 19.0 Å². The van der Waals surface area contributed by atoms with Crippen molar-refractivity contribution in [3.63, 3.8) is 0 Å². The molecule has 0 unspecified atom stereocenters. The second-order valence-corrected chi connectivity index (χ2v) is 6.30. The summed E-state index contributed by atoms with van der Waals surface area (Å²) >= 11 is 10.9. The molecule has 1 aromatic carbocycles. The first-order valence-electron chi connectivity index (χ1n) is 3.99. The number of alkyl halides is 2. The Morgan fingerprint density at radius 1 is 1.21 bits per heavy atom. The van der Waals surface area contributed by atoms with Crippen LogP contribution in [0, 0.1) is 6.92 Å². The molecule has 0 aliphatic rings. The van der Waals surface area contributed by atoms with Gasteiger partial charge in [0, 0.05) is 0 Å². The first-order chi connectivity index (χ1) is 6.42. The quantitative estimate of drug-likeness (QED) is 0.776. The number of sulfone groups is 1. The van der Waals surface area contributed by atoms with Gasteiger partial charge in [-0.2, -0.15) is 0 Å². The molecule has 0 amide bonds. The van der Waals surface area contributed by atoms with E-state index in [2.05, 4.69) is 0 Å². The molecule has 1 rings (SSSR count). The topological polar surface area (TPSA) is 34.1 Å². The fourth-order valence-electron chi connectivity index (χ4n) is 1.01. The summed E-state index contributed by atoms with van der Waals surface area (Å²) in [6, 6.07) is 6.59. The minimum absolute atomic E-state index is 0.251. The Balaban J connectivity index is 2.99. The van der Waals surface area contributed by atoms with Gasteiger partial charge in [0.1, 0.15) is 4.84 Å². The fourth-order valence-corrected chi connectivity index (χ4v) is 3.08. The number of rotatable bonds is 3. The van der Waals surface area contributed by atoms with Crippen molar-refractivity contribution in [3.05, 3.63) is 29.8 Å². The lowest BCUT2D eigenvalue weighted by atomic mass is 10.2. The summed E-state index contributed by atoms with van der Waals surface area (Å²) in [6.07, 6.45) is 0. The summed E-state index contributed by atoms with van der Waals surface area (Å²) in [5.41, 5.74) is 1.01. The molecule has 0 spiro atoms. The molecule has 0 aliphatic carbocycles. The van der Waals surface area contributed by atoms with Crippen LogP contribution in [0.3, 0.4) is 0 Å². The molecule has 0 bridgehead atoms. The van der Waals surface area contributed by atoms with Gasteiger partial charge in [-0.15, -0.1) is 23.2 Å². The number of aryl methyl sites for hydroxylation is 1. The van der Waals surface area contributed by atoms with Crippen molar-refractivity contribution in [3.8, 4) is 0 Å². The summed E-state index contributed by atoms with van der Waals surface area (Å²) in [4.78, 5) is -0.629. The van der Waals surface area contributed by atoms with Gasteiger partial charge >= 0.3 is 0 Å². The lowest BCUT2D eigenvalue weighted by Crippen LogP contribution is -2.12. The molecule has 0 fully saturated rings. The van der Waals surface area contributed by atoms with Crippen molar-refractivity contribution in [2.24, 2.45) is 0 Å². The molecular formula is C9H10Cl2O2S. The molecule has 0 N–H and O–H groups in total. The third-order valence-corrected chi connectivity index (χ3v) is 4.16. The van der Waals surface area contributed by atoms with Gasteiger partial charge in [-0.3, -0.25) is 0 Å². The third kappa shape index (κ3) is 3.15. The van der Waals surface area contributed by atoms with Crippen LogP contribution in [0.25, 0.3) is 0 Å². The monoisotopic (exact) mass is 252 g/mol. The Bertz CT molecular complexity index is 395. The van der Waals surface area contributed by atoms with Crippen LogP contribution in [-0.2, 0) is 9.84 Å². The molecule has 0 heterocycles. The van der Waals surface area contributed by atoms with E-state index in [1.165, 1.54) is 0 Å². The van der Waals surface area contributed by atoms with Crippen molar-refractivity contribution >= 4 is 33.0 Å². The van der Waals surface area contributed by atoms with Crippen LogP contribution in [0.2, 0.25) is 0 Å². The van der Waals surface area contributed by atoms with Crippen LogP contribution in [0.15, 0.2) is 29.2 Å². The van der Waals surface area contributed by atoms with Crippen molar-refractivity contribution in [1.29, 1.82) is 0 Å². The zero-order chi connectivity index (χ0) is 10.8. The van der Waals surface area contributed by atoms with Crippen molar-refractivity contribution < 1.29 is 8.42 Å². The highest BCUT2D eigenvalue weighted by Crippen LogP contribution is 2.16. The molecule has 1 aromatic rings. The van der Waals surface area contributed by atoms with Crippen LogP contribution < -0.4 is 0 Å². The van der Waals surface area contributed by atoms with Crippen molar-refractivity contribution in [1.82, 2.24) is 0 Å². The van der Waals surface area contributed by atoms with Crippen LogP contribution in [0.1, 0.15) is 5.56 Å². The Hall–Kier alpha value is -0.250. The standard InChI is InChI=1S/C9H10Cl2O2S/c1-7-2-4-8(5-3-7)14(12,13)6-9(10)11/h2-5,9H,6H2,1H3. The van der Waals surface area contributed by atoms with E-state index in [-0.39, 0.29) is 10.6 Å². The first-order valence-corrected chi connectivity index (χ1v) is 6.52. The summed E-state index contributed by atoms with van der Waals surface area (Å²) in [6.45, 7) is 1.89. The third-order valence-electron chi connectivity index (χ3n) is 1.73. The zero-order valence-electron chi connectivity index (χ0n) is 7.57. The van der Waals surface area contributed by atoms with E-state index in [0.717, 1.165) is 5.56 Å². The number of hydrogen-bond acceptors (Lipinski definition) is 2. The molecule has 0 aliphatic heterocycles. The molecule has 0 saturated carbocycles. The van der Waals surface area contributed by atoms with Gasteiger partial charge in [-0.1, -0.05) is 17.7 Å². The Kier molecular flexibility index (Phi) is 3.81. The minimum Gasteiger partial charge on any atom is -0.224 e. The number of hydrogen-bond donors (Lipinski definition) is 0. The molecule has 0 saturated heterocycles. The van der Waals surface area contributed by atoms with E-state index >= 15 is 0 Å². The van der Waals surface area contributed by atoms with Crippen LogP contribution in [0.5, 0.6) is 0 Å². The molecule has 0 aromatic heterocycles. The predicted molar refractivity (Wildman–Crippen MR) is 58.7 cm³/mol. The fraction of sp³-hybridized carbons (Fsp3) is 0.333. The van der Waals surface area contributed by atoms with E-state index < -0.39 is 14.7 Å². The van der Waals surface area contributed by atoms with Crippen molar-refractivity contribution in [2.75, 3.05) is 5.75 Å². The maximum Gasteiger partial charge on any atom is 0.181 e. The van der Waals surface area contributed by atoms with Gasteiger partial charge in [0.15, 0.2) is 9.84 Å². The second-order valence-electron chi connectivity index (χ2n) is 2.99. The van der Waals surface area contributed by atoms with E-state index in [9.17, 15) is 8.42 Å². The predicted octanol–water partition coefficient (Wildman–Crippen LogP) is 2.57. The highest BCUT2D eigenvalue weighted by atomic mass is 35.5. The molecule has 14 heavy (non-hydrogen) atoms. The highest BCUT2D eigenvalue weighted by molar-refractivity contribution is 7.91. The molecule has 5 heteroatoms. The summed E-state index contributed by atoms with van der Waals surface area (Å²) < 4.78 is 23.2. The molecule has 0 radical (unpaired) electrons. The van der Waals surface area contributed by atoms with E-state index in [1.807, 2.05) is 6.92 Å². The Morgan fingerprint density at radius 2 is 1.71 bits per heavy atom. The largest absolute Gasteiger partial charge is 0.224 e. The highest BCUT2D eigenvalue weighted by Gasteiger charge is 2.17. The first kappa shape index (κ1) is 11.8. The van der Waals surface area contributed by atoms with Gasteiger partial charge in [0.25, 0.3) is 0 Å². The van der Waals surface area contributed by atoms with Crippen molar-refractivity contribution in [2.45, 2.75) is 16.7 Å².